The molecule has 2 aromatic carbocycles. The Morgan fingerprint density at radius 2 is 1.89 bits per heavy atom. The van der Waals surface area contributed by atoms with Crippen LogP contribution >= 0.6 is 0 Å². The molecule has 2 aromatic heterocycles. The Labute approximate surface area is 207 Å². The van der Waals surface area contributed by atoms with E-state index in [0.717, 1.165) is 33.7 Å². The third-order valence-electron chi connectivity index (χ3n) is 6.42. The summed E-state index contributed by atoms with van der Waals surface area (Å²) >= 11 is 0. The number of H-pyrrole nitrogens is 1. The number of likely N-dealkylation sites (tertiary alicyclic amines) is 1. The van der Waals surface area contributed by atoms with Gasteiger partial charge in [0.05, 0.1) is 18.4 Å². The van der Waals surface area contributed by atoms with E-state index >= 15 is 0 Å². The minimum Gasteiger partial charge on any atom is -0.497 e. The molecule has 9 nitrogen and oxygen atoms in total. The van der Waals surface area contributed by atoms with E-state index in [-0.39, 0.29) is 12.0 Å². The zero-order valence-corrected chi connectivity index (χ0v) is 19.8. The maximum Gasteiger partial charge on any atom is 0.248 e. The number of nitriles is 1. The van der Waals surface area contributed by atoms with Gasteiger partial charge >= 0.3 is 0 Å². The Kier molecular flexibility index (Phi) is 6.52. The van der Waals surface area contributed by atoms with E-state index < -0.39 is 6.61 Å². The van der Waals surface area contributed by atoms with Crippen LogP contribution in [0.1, 0.15) is 18.4 Å². The van der Waals surface area contributed by atoms with Gasteiger partial charge in [-0.25, -0.2) is 9.97 Å². The highest BCUT2D eigenvalue weighted by molar-refractivity contribution is 5.94. The van der Waals surface area contributed by atoms with Crippen molar-refractivity contribution in [1.82, 2.24) is 19.9 Å². The summed E-state index contributed by atoms with van der Waals surface area (Å²) in [6, 6.07) is 17.5. The van der Waals surface area contributed by atoms with Gasteiger partial charge in [-0.3, -0.25) is 4.79 Å². The van der Waals surface area contributed by atoms with Crippen molar-refractivity contribution in [2.75, 3.05) is 26.8 Å². The third-order valence-corrected chi connectivity index (χ3v) is 6.42. The fourth-order valence-corrected chi connectivity index (χ4v) is 4.47. The molecule has 0 saturated carbocycles. The van der Waals surface area contributed by atoms with E-state index in [1.807, 2.05) is 36.4 Å². The average Bonchev–Trinajstić information content (AvgIpc) is 3.38. The summed E-state index contributed by atoms with van der Waals surface area (Å²) in [5.74, 6) is 1.02. The lowest BCUT2D eigenvalue weighted by molar-refractivity contribution is -0.135. The first-order chi connectivity index (χ1) is 17.6. The number of carbonyl (C=O) groups excluding carboxylic acids is 1. The van der Waals surface area contributed by atoms with Gasteiger partial charge in [0.1, 0.15) is 42.3 Å². The van der Waals surface area contributed by atoms with Crippen molar-refractivity contribution in [3.63, 3.8) is 0 Å². The number of carbonyl (C=O) groups is 1. The lowest BCUT2D eigenvalue weighted by Gasteiger charge is -2.32. The standard InChI is InChI=1S/C27H25N5O4/c1-35-20-5-2-17(3-6-20)23-13-22-26(29-16-30-27(22)31-23)18-4-7-24(19(12-18)14-28)36-21-8-10-32(11-9-21)25(34)15-33/h2-7,12-13,16,21,33H,8-11,15H2,1H3,(H,29,30,31). The molecule has 4 aromatic rings. The van der Waals surface area contributed by atoms with Crippen LogP contribution in [0, 0.1) is 11.3 Å². The molecular weight excluding hydrogens is 458 g/mol. The Morgan fingerprint density at radius 3 is 2.58 bits per heavy atom. The quantitative estimate of drug-likeness (QED) is 0.430. The number of aliphatic hydroxyl groups is 1. The smallest absolute Gasteiger partial charge is 0.248 e. The van der Waals surface area contributed by atoms with E-state index in [2.05, 4.69) is 21.0 Å². The molecule has 0 bridgehead atoms. The topological polar surface area (TPSA) is 124 Å². The fraction of sp³-hybridized carbons (Fsp3) is 0.259. The molecule has 1 fully saturated rings. The minimum atomic E-state index is -0.482. The van der Waals surface area contributed by atoms with Crippen molar-refractivity contribution < 1.29 is 19.4 Å². The second kappa shape index (κ2) is 10.1. The lowest BCUT2D eigenvalue weighted by Crippen LogP contribution is -2.42. The number of methoxy groups -OCH3 is 1. The SMILES string of the molecule is COc1ccc(-c2cc3c(-c4ccc(OC5CCN(C(=O)CO)CC5)c(C#N)c4)ncnc3[nH]2)cc1. The number of fused-ring (bicyclic) bond motifs is 1. The van der Waals surface area contributed by atoms with Crippen LogP contribution in [0.15, 0.2) is 54.9 Å². The van der Waals surface area contributed by atoms with Gasteiger partial charge in [0, 0.05) is 42.6 Å². The van der Waals surface area contributed by atoms with Gasteiger partial charge in [-0.2, -0.15) is 5.26 Å². The van der Waals surface area contributed by atoms with Crippen LogP contribution in [0.3, 0.4) is 0 Å². The van der Waals surface area contributed by atoms with E-state index in [1.165, 1.54) is 6.33 Å². The van der Waals surface area contributed by atoms with E-state index in [4.69, 9.17) is 14.6 Å². The van der Waals surface area contributed by atoms with Crippen LogP contribution < -0.4 is 9.47 Å². The zero-order chi connectivity index (χ0) is 25.1. The number of nitrogens with one attached hydrogen (secondary N) is 1. The summed E-state index contributed by atoms with van der Waals surface area (Å²) in [5.41, 5.74) is 4.52. The molecule has 0 atom stereocenters. The van der Waals surface area contributed by atoms with Crippen molar-refractivity contribution in [1.29, 1.82) is 5.26 Å². The van der Waals surface area contributed by atoms with Crippen LogP contribution in [-0.4, -0.2) is 63.8 Å². The van der Waals surface area contributed by atoms with Gasteiger partial charge in [-0.15, -0.1) is 0 Å². The number of aliphatic hydroxyl groups excluding tert-OH is 1. The van der Waals surface area contributed by atoms with Crippen LogP contribution in [0.25, 0.3) is 33.5 Å². The van der Waals surface area contributed by atoms with Crippen LogP contribution in [0.5, 0.6) is 11.5 Å². The molecule has 1 aliphatic heterocycles. The Balaban J connectivity index is 1.39. The number of benzene rings is 2. The summed E-state index contributed by atoms with van der Waals surface area (Å²) < 4.78 is 11.4. The number of aromatic amines is 1. The Morgan fingerprint density at radius 1 is 1.14 bits per heavy atom. The molecule has 36 heavy (non-hydrogen) atoms. The molecule has 0 radical (unpaired) electrons. The van der Waals surface area contributed by atoms with Crippen molar-refractivity contribution in [3.8, 4) is 40.1 Å². The van der Waals surface area contributed by atoms with Crippen LogP contribution in [0.4, 0.5) is 0 Å². The number of rotatable bonds is 6. The molecule has 0 spiro atoms. The summed E-state index contributed by atoms with van der Waals surface area (Å²) in [5, 5.41) is 19.7. The zero-order valence-electron chi connectivity index (χ0n) is 19.8. The fourth-order valence-electron chi connectivity index (χ4n) is 4.47. The highest BCUT2D eigenvalue weighted by Crippen LogP contribution is 2.33. The molecular formula is C27H25N5O4. The number of ether oxygens (including phenoxy) is 2. The van der Waals surface area contributed by atoms with Gasteiger partial charge < -0.3 is 24.5 Å². The van der Waals surface area contributed by atoms with Gasteiger partial charge in [0.2, 0.25) is 5.91 Å². The maximum atomic E-state index is 11.7. The summed E-state index contributed by atoms with van der Waals surface area (Å²) in [7, 11) is 1.63. The van der Waals surface area contributed by atoms with E-state index in [0.29, 0.717) is 42.9 Å². The molecule has 3 heterocycles. The maximum absolute atomic E-state index is 11.7. The number of nitrogens with zero attached hydrogens (tertiary/aromatic N) is 4. The van der Waals surface area contributed by atoms with E-state index in [1.54, 1.807) is 24.1 Å². The second-order valence-corrected chi connectivity index (χ2v) is 8.57. The van der Waals surface area contributed by atoms with Crippen LogP contribution in [-0.2, 0) is 4.79 Å². The molecule has 1 amide bonds. The molecule has 1 aliphatic rings. The predicted octanol–water partition coefficient (Wildman–Crippen LogP) is 3.53. The van der Waals surface area contributed by atoms with Gasteiger partial charge in [-0.05, 0) is 54.1 Å². The minimum absolute atomic E-state index is 0.104. The van der Waals surface area contributed by atoms with Crippen LogP contribution in [0.2, 0.25) is 0 Å². The summed E-state index contributed by atoms with van der Waals surface area (Å²) in [6.45, 7) is 0.560. The first kappa shape index (κ1) is 23.3. The number of hydrogen-bond donors (Lipinski definition) is 2. The number of hydrogen-bond acceptors (Lipinski definition) is 7. The van der Waals surface area contributed by atoms with Gasteiger partial charge in [0.15, 0.2) is 0 Å². The monoisotopic (exact) mass is 483 g/mol. The molecule has 9 heteroatoms. The molecule has 0 aliphatic carbocycles. The van der Waals surface area contributed by atoms with Crippen molar-refractivity contribution in [2.45, 2.75) is 18.9 Å². The number of aromatic nitrogens is 3. The summed E-state index contributed by atoms with van der Waals surface area (Å²) in [6.07, 6.45) is 2.68. The van der Waals surface area contributed by atoms with Gasteiger partial charge in [0.25, 0.3) is 0 Å². The normalized spacial score (nSPS) is 14.0. The first-order valence-corrected chi connectivity index (χ1v) is 11.7. The highest BCUT2D eigenvalue weighted by atomic mass is 16.5. The van der Waals surface area contributed by atoms with E-state index in [9.17, 15) is 10.1 Å². The second-order valence-electron chi connectivity index (χ2n) is 8.57. The van der Waals surface area contributed by atoms with Crippen molar-refractivity contribution in [2.24, 2.45) is 0 Å². The van der Waals surface area contributed by atoms with Crippen molar-refractivity contribution in [3.05, 3.63) is 60.4 Å². The van der Waals surface area contributed by atoms with Gasteiger partial charge in [-0.1, -0.05) is 0 Å². The highest BCUT2D eigenvalue weighted by Gasteiger charge is 2.24. The molecule has 1 saturated heterocycles. The largest absolute Gasteiger partial charge is 0.497 e. The lowest BCUT2D eigenvalue weighted by atomic mass is 10.0. The molecule has 2 N–H and O–H groups in total. The number of piperidine rings is 1. The average molecular weight is 484 g/mol. The molecule has 5 rings (SSSR count). The third kappa shape index (κ3) is 4.59. The Hall–Kier alpha value is -4.42. The predicted molar refractivity (Wildman–Crippen MR) is 133 cm³/mol. The van der Waals surface area contributed by atoms with Crippen molar-refractivity contribution >= 4 is 16.9 Å². The molecule has 0 unspecified atom stereocenters. The number of amides is 1. The molecule has 182 valence electrons. The first-order valence-electron chi connectivity index (χ1n) is 11.7. The Bertz CT molecular complexity index is 1430. The summed E-state index contributed by atoms with van der Waals surface area (Å²) in [4.78, 5) is 25.5.